The van der Waals surface area contributed by atoms with Gasteiger partial charge in [-0.15, -0.1) is 0 Å². The second-order valence-electron chi connectivity index (χ2n) is 7.25. The smallest absolute Gasteiger partial charge is 0.410 e. The van der Waals surface area contributed by atoms with E-state index in [1.54, 1.807) is 4.90 Å². The molecule has 1 amide bonds. The number of rotatable bonds is 3. The summed E-state index contributed by atoms with van der Waals surface area (Å²) in [5, 5.41) is 10.2. The number of nitrogens with zero attached hydrogens (tertiary/aromatic N) is 1. The van der Waals surface area contributed by atoms with Gasteiger partial charge in [0.2, 0.25) is 0 Å². The molecule has 0 saturated carbocycles. The van der Waals surface area contributed by atoms with Gasteiger partial charge in [-0.2, -0.15) is 0 Å². The molecule has 3 atom stereocenters. The Kier molecular flexibility index (Phi) is 5.49. The molecule has 0 aliphatic carbocycles. The molecule has 1 N–H and O–H groups in total. The molecular formula is C16H29NO4. The van der Waals surface area contributed by atoms with Crippen LogP contribution >= 0.6 is 0 Å². The van der Waals surface area contributed by atoms with Crippen molar-refractivity contribution in [3.63, 3.8) is 0 Å². The van der Waals surface area contributed by atoms with Gasteiger partial charge in [-0.1, -0.05) is 0 Å². The van der Waals surface area contributed by atoms with Crippen molar-refractivity contribution in [3.05, 3.63) is 0 Å². The molecule has 2 rings (SSSR count). The van der Waals surface area contributed by atoms with Gasteiger partial charge >= 0.3 is 6.09 Å². The number of ether oxygens (including phenoxy) is 2. The standard InChI is InChI=1S/C16H29NO4/c1-16(2,3)21-15(19)17-9-8-14(18)12(11-17)6-7-13-5-4-10-20-13/h12-14,18H,4-11H2,1-3H3. The summed E-state index contributed by atoms with van der Waals surface area (Å²) in [7, 11) is 0. The van der Waals surface area contributed by atoms with E-state index in [0.29, 0.717) is 25.6 Å². The molecule has 2 aliphatic rings. The minimum absolute atomic E-state index is 0.135. The summed E-state index contributed by atoms with van der Waals surface area (Å²) in [6.45, 7) is 7.65. The average Bonchev–Trinajstić information content (AvgIpc) is 2.88. The fraction of sp³-hybridized carbons (Fsp3) is 0.938. The SMILES string of the molecule is CC(C)(C)OC(=O)N1CCC(O)C(CCC2CCCO2)C1. The van der Waals surface area contributed by atoms with Crippen LogP contribution in [0.3, 0.4) is 0 Å². The third kappa shape index (κ3) is 5.15. The van der Waals surface area contributed by atoms with Gasteiger partial charge in [-0.25, -0.2) is 4.79 Å². The summed E-state index contributed by atoms with van der Waals surface area (Å²) < 4.78 is 11.1. The predicted octanol–water partition coefficient (Wildman–Crippen LogP) is 2.56. The molecule has 0 aromatic rings. The Balaban J connectivity index is 1.82. The molecule has 2 fully saturated rings. The molecule has 0 aromatic carbocycles. The van der Waals surface area contributed by atoms with E-state index in [9.17, 15) is 9.90 Å². The van der Waals surface area contributed by atoms with Crippen LogP contribution in [0.2, 0.25) is 0 Å². The van der Waals surface area contributed by atoms with Crippen LogP contribution in [-0.4, -0.2) is 53.6 Å². The monoisotopic (exact) mass is 299 g/mol. The van der Waals surface area contributed by atoms with Crippen LogP contribution in [0.1, 0.15) is 52.9 Å². The average molecular weight is 299 g/mol. The van der Waals surface area contributed by atoms with Gasteiger partial charge in [0.1, 0.15) is 5.60 Å². The van der Waals surface area contributed by atoms with Gasteiger partial charge in [0, 0.05) is 25.6 Å². The van der Waals surface area contributed by atoms with Crippen LogP contribution in [0.5, 0.6) is 0 Å². The maximum absolute atomic E-state index is 12.1. The van der Waals surface area contributed by atoms with Gasteiger partial charge in [0.05, 0.1) is 12.2 Å². The first-order valence-electron chi connectivity index (χ1n) is 8.13. The van der Waals surface area contributed by atoms with E-state index in [2.05, 4.69) is 0 Å². The van der Waals surface area contributed by atoms with Gasteiger partial charge < -0.3 is 19.5 Å². The van der Waals surface area contributed by atoms with E-state index in [1.807, 2.05) is 20.8 Å². The van der Waals surface area contributed by atoms with E-state index < -0.39 is 5.60 Å². The number of hydrogen-bond acceptors (Lipinski definition) is 4. The number of aliphatic hydroxyl groups is 1. The topological polar surface area (TPSA) is 59.0 Å². The van der Waals surface area contributed by atoms with Crippen molar-refractivity contribution in [2.75, 3.05) is 19.7 Å². The Morgan fingerprint density at radius 1 is 1.33 bits per heavy atom. The summed E-state index contributed by atoms with van der Waals surface area (Å²) in [6.07, 6.45) is 4.54. The highest BCUT2D eigenvalue weighted by atomic mass is 16.6. The van der Waals surface area contributed by atoms with Gasteiger partial charge in [0.25, 0.3) is 0 Å². The molecular weight excluding hydrogens is 270 g/mol. The molecule has 122 valence electrons. The van der Waals surface area contributed by atoms with Crippen LogP contribution in [0, 0.1) is 5.92 Å². The third-order valence-electron chi connectivity index (χ3n) is 4.23. The number of hydrogen-bond donors (Lipinski definition) is 1. The highest BCUT2D eigenvalue weighted by Gasteiger charge is 2.33. The molecule has 5 nitrogen and oxygen atoms in total. The third-order valence-corrected chi connectivity index (χ3v) is 4.23. The second-order valence-corrected chi connectivity index (χ2v) is 7.25. The number of piperidine rings is 1. The molecule has 2 aliphatic heterocycles. The summed E-state index contributed by atoms with van der Waals surface area (Å²) in [4.78, 5) is 13.9. The molecule has 2 saturated heterocycles. The minimum Gasteiger partial charge on any atom is -0.444 e. The Labute approximate surface area is 127 Å². The maximum Gasteiger partial charge on any atom is 0.410 e. The Hall–Kier alpha value is -0.810. The van der Waals surface area contributed by atoms with Crippen molar-refractivity contribution in [1.29, 1.82) is 0 Å². The molecule has 21 heavy (non-hydrogen) atoms. The zero-order chi connectivity index (χ0) is 15.5. The first-order valence-corrected chi connectivity index (χ1v) is 8.13. The normalized spacial score (nSPS) is 30.5. The van der Waals surface area contributed by atoms with Crippen LogP contribution in [-0.2, 0) is 9.47 Å². The number of amides is 1. The first kappa shape index (κ1) is 16.6. The summed E-state index contributed by atoms with van der Waals surface area (Å²) in [5.41, 5.74) is -0.472. The second kappa shape index (κ2) is 6.97. The molecule has 2 heterocycles. The van der Waals surface area contributed by atoms with E-state index in [-0.39, 0.29) is 18.1 Å². The number of carbonyl (C=O) groups excluding carboxylic acids is 1. The zero-order valence-corrected chi connectivity index (χ0v) is 13.5. The molecule has 0 bridgehead atoms. The lowest BCUT2D eigenvalue weighted by Crippen LogP contribution is -2.47. The molecule has 3 unspecified atom stereocenters. The summed E-state index contributed by atoms with van der Waals surface area (Å²) in [5.74, 6) is 0.135. The van der Waals surface area contributed by atoms with Crippen LogP contribution < -0.4 is 0 Å². The fourth-order valence-corrected chi connectivity index (χ4v) is 3.07. The van der Waals surface area contributed by atoms with Crippen molar-refractivity contribution in [3.8, 4) is 0 Å². The molecule has 0 spiro atoms. The predicted molar refractivity (Wildman–Crippen MR) is 80.1 cm³/mol. The van der Waals surface area contributed by atoms with Crippen LogP contribution in [0.4, 0.5) is 4.79 Å². The van der Waals surface area contributed by atoms with Gasteiger partial charge in [-0.05, 0) is 52.9 Å². The Morgan fingerprint density at radius 2 is 2.10 bits per heavy atom. The van der Waals surface area contributed by atoms with E-state index in [0.717, 1.165) is 32.3 Å². The lowest BCUT2D eigenvalue weighted by molar-refractivity contribution is -0.0133. The van der Waals surface area contributed by atoms with Crippen molar-refractivity contribution in [2.45, 2.75) is 70.7 Å². The van der Waals surface area contributed by atoms with E-state index >= 15 is 0 Å². The number of aliphatic hydroxyl groups excluding tert-OH is 1. The molecule has 0 aromatic heterocycles. The largest absolute Gasteiger partial charge is 0.444 e. The number of carbonyl (C=O) groups is 1. The van der Waals surface area contributed by atoms with Crippen molar-refractivity contribution >= 4 is 6.09 Å². The molecule has 0 radical (unpaired) electrons. The quantitative estimate of drug-likeness (QED) is 0.870. The van der Waals surface area contributed by atoms with Crippen LogP contribution in [0.25, 0.3) is 0 Å². The van der Waals surface area contributed by atoms with E-state index in [1.165, 1.54) is 0 Å². The van der Waals surface area contributed by atoms with Crippen molar-refractivity contribution in [1.82, 2.24) is 4.90 Å². The fourth-order valence-electron chi connectivity index (χ4n) is 3.07. The summed E-state index contributed by atoms with van der Waals surface area (Å²) >= 11 is 0. The number of likely N-dealkylation sites (tertiary alicyclic amines) is 1. The summed E-state index contributed by atoms with van der Waals surface area (Å²) in [6, 6.07) is 0. The van der Waals surface area contributed by atoms with E-state index in [4.69, 9.17) is 9.47 Å². The first-order chi connectivity index (χ1) is 9.85. The Bertz CT molecular complexity index is 347. The van der Waals surface area contributed by atoms with Crippen LogP contribution in [0.15, 0.2) is 0 Å². The maximum atomic E-state index is 12.1. The van der Waals surface area contributed by atoms with Gasteiger partial charge in [-0.3, -0.25) is 0 Å². The molecule has 5 heteroatoms. The lowest BCUT2D eigenvalue weighted by Gasteiger charge is -2.37. The lowest BCUT2D eigenvalue weighted by atomic mass is 9.89. The zero-order valence-electron chi connectivity index (χ0n) is 13.5. The van der Waals surface area contributed by atoms with Gasteiger partial charge in [0.15, 0.2) is 0 Å². The highest BCUT2D eigenvalue weighted by Crippen LogP contribution is 2.26. The highest BCUT2D eigenvalue weighted by molar-refractivity contribution is 5.68. The Morgan fingerprint density at radius 3 is 2.71 bits per heavy atom. The van der Waals surface area contributed by atoms with Crippen molar-refractivity contribution in [2.24, 2.45) is 5.92 Å². The van der Waals surface area contributed by atoms with Crippen molar-refractivity contribution < 1.29 is 19.4 Å². The minimum atomic E-state index is -0.472.